The van der Waals surface area contributed by atoms with E-state index in [1.807, 2.05) is 6.07 Å². The van der Waals surface area contributed by atoms with Crippen LogP contribution in [0.25, 0.3) is 0 Å². The molecule has 0 radical (unpaired) electrons. The van der Waals surface area contributed by atoms with E-state index in [4.69, 9.17) is 14.2 Å². The van der Waals surface area contributed by atoms with Gasteiger partial charge in [0.1, 0.15) is 5.75 Å². The molecular formula is C18H18N2O7. The van der Waals surface area contributed by atoms with Gasteiger partial charge in [0.15, 0.2) is 19.0 Å². The second-order valence-corrected chi connectivity index (χ2v) is 5.41. The summed E-state index contributed by atoms with van der Waals surface area (Å²) in [5, 5.41) is 13.5. The maximum atomic E-state index is 12.0. The highest BCUT2D eigenvalue weighted by atomic mass is 16.6. The Morgan fingerprint density at radius 1 is 1.15 bits per heavy atom. The van der Waals surface area contributed by atoms with Gasteiger partial charge in [0.05, 0.1) is 12.0 Å². The summed E-state index contributed by atoms with van der Waals surface area (Å²) >= 11 is 0. The first-order chi connectivity index (χ1) is 12.9. The number of ether oxygens (including phenoxy) is 3. The fourth-order valence-corrected chi connectivity index (χ4v) is 2.15. The Morgan fingerprint density at radius 3 is 2.48 bits per heavy atom. The molecule has 0 saturated heterocycles. The van der Waals surface area contributed by atoms with E-state index in [0.29, 0.717) is 17.0 Å². The number of benzene rings is 2. The summed E-state index contributed by atoms with van der Waals surface area (Å²) in [6.45, 7) is 0.749. The maximum Gasteiger partial charge on any atom is 0.344 e. The van der Waals surface area contributed by atoms with Crippen LogP contribution in [-0.2, 0) is 14.3 Å². The number of nitro benzene ring substituents is 1. The van der Waals surface area contributed by atoms with E-state index >= 15 is 0 Å². The Hall–Kier alpha value is -3.62. The molecule has 0 aliphatic heterocycles. The van der Waals surface area contributed by atoms with Gasteiger partial charge in [-0.15, -0.1) is 0 Å². The molecule has 0 unspecified atom stereocenters. The van der Waals surface area contributed by atoms with Gasteiger partial charge in [-0.05, 0) is 24.6 Å². The zero-order chi connectivity index (χ0) is 19.8. The van der Waals surface area contributed by atoms with E-state index < -0.39 is 23.4 Å². The van der Waals surface area contributed by atoms with Crippen LogP contribution in [0.2, 0.25) is 0 Å². The van der Waals surface area contributed by atoms with E-state index in [1.165, 1.54) is 19.2 Å². The minimum atomic E-state index is -0.702. The molecule has 2 aromatic rings. The normalized spacial score (nSPS) is 10.0. The number of nitrogens with zero attached hydrogens (tertiary/aromatic N) is 1. The van der Waals surface area contributed by atoms with Crippen molar-refractivity contribution < 1.29 is 28.7 Å². The molecule has 0 fully saturated rings. The van der Waals surface area contributed by atoms with Gasteiger partial charge in [-0.25, -0.2) is 4.79 Å². The van der Waals surface area contributed by atoms with Crippen LogP contribution in [0.3, 0.4) is 0 Å². The van der Waals surface area contributed by atoms with Crippen molar-refractivity contribution in [1.82, 2.24) is 0 Å². The number of methoxy groups -OCH3 is 1. The van der Waals surface area contributed by atoms with Gasteiger partial charge < -0.3 is 19.5 Å². The second-order valence-electron chi connectivity index (χ2n) is 5.41. The van der Waals surface area contributed by atoms with Crippen molar-refractivity contribution in [2.24, 2.45) is 0 Å². The lowest BCUT2D eigenvalue weighted by Gasteiger charge is -2.11. The molecule has 9 nitrogen and oxygen atoms in total. The molecule has 0 saturated carbocycles. The monoisotopic (exact) mass is 374 g/mol. The average Bonchev–Trinajstić information content (AvgIpc) is 2.66. The Morgan fingerprint density at radius 2 is 1.85 bits per heavy atom. The highest BCUT2D eigenvalue weighted by Gasteiger charge is 2.18. The first-order valence-corrected chi connectivity index (χ1v) is 7.87. The third kappa shape index (κ3) is 5.70. The average molecular weight is 374 g/mol. The van der Waals surface area contributed by atoms with Crippen molar-refractivity contribution in [2.45, 2.75) is 6.92 Å². The van der Waals surface area contributed by atoms with Crippen LogP contribution in [-0.4, -0.2) is 37.1 Å². The number of hydrogen-bond donors (Lipinski definition) is 1. The summed E-state index contributed by atoms with van der Waals surface area (Å²) < 4.78 is 15.0. The topological polar surface area (TPSA) is 117 Å². The zero-order valence-corrected chi connectivity index (χ0v) is 14.8. The molecule has 0 bridgehead atoms. The number of aryl methyl sites for hydroxylation is 1. The lowest BCUT2D eigenvalue weighted by atomic mass is 10.1. The van der Waals surface area contributed by atoms with E-state index in [0.717, 1.165) is 0 Å². The van der Waals surface area contributed by atoms with Crippen LogP contribution >= 0.6 is 0 Å². The molecule has 1 amide bonds. The Balaban J connectivity index is 1.88. The van der Waals surface area contributed by atoms with Gasteiger partial charge in [-0.2, -0.15) is 0 Å². The fourth-order valence-electron chi connectivity index (χ4n) is 2.15. The molecule has 0 heterocycles. The third-order valence-electron chi connectivity index (χ3n) is 3.46. The summed E-state index contributed by atoms with van der Waals surface area (Å²) in [4.78, 5) is 34.0. The number of carbonyl (C=O) groups excluding carboxylic acids is 2. The van der Waals surface area contributed by atoms with Crippen LogP contribution in [0.1, 0.15) is 5.56 Å². The van der Waals surface area contributed by atoms with Gasteiger partial charge in [0.25, 0.3) is 5.91 Å². The lowest BCUT2D eigenvalue weighted by molar-refractivity contribution is -0.385. The molecule has 1 N–H and O–H groups in total. The van der Waals surface area contributed by atoms with E-state index in [-0.39, 0.29) is 18.0 Å². The van der Waals surface area contributed by atoms with Gasteiger partial charge in [0, 0.05) is 17.8 Å². The molecule has 2 aromatic carbocycles. The second kappa shape index (κ2) is 9.18. The predicted molar refractivity (Wildman–Crippen MR) is 95.9 cm³/mol. The molecule has 0 aromatic heterocycles. The summed E-state index contributed by atoms with van der Waals surface area (Å²) in [5.74, 6) is -0.782. The lowest BCUT2D eigenvalue weighted by Crippen LogP contribution is -2.24. The fraction of sp³-hybridized carbons (Fsp3) is 0.222. The van der Waals surface area contributed by atoms with Crippen LogP contribution in [0.4, 0.5) is 11.4 Å². The van der Waals surface area contributed by atoms with Crippen molar-refractivity contribution in [3.8, 4) is 11.5 Å². The summed E-state index contributed by atoms with van der Waals surface area (Å²) in [5.41, 5.74) is 0.575. The van der Waals surface area contributed by atoms with Crippen molar-refractivity contribution in [3.63, 3.8) is 0 Å². The first-order valence-electron chi connectivity index (χ1n) is 7.87. The quantitative estimate of drug-likeness (QED) is 0.428. The van der Waals surface area contributed by atoms with E-state index in [9.17, 15) is 19.7 Å². The molecule has 0 aliphatic rings. The number of nitro groups is 1. The van der Waals surface area contributed by atoms with E-state index in [2.05, 4.69) is 5.32 Å². The maximum absolute atomic E-state index is 12.0. The number of anilines is 1. The standard InChI is InChI=1S/C18H18N2O7/c1-12-8-15(20(23)24)16(25-2)9-14(12)19-17(21)10-27-18(22)11-26-13-6-4-3-5-7-13/h3-9H,10-11H2,1-2H3,(H,19,21). The van der Waals surface area contributed by atoms with Gasteiger partial charge in [-0.1, -0.05) is 18.2 Å². The Kier molecular flexibility index (Phi) is 6.70. The van der Waals surface area contributed by atoms with E-state index in [1.54, 1.807) is 31.2 Å². The minimum Gasteiger partial charge on any atom is -0.490 e. The SMILES string of the molecule is COc1cc(NC(=O)COC(=O)COc2ccccc2)c(C)cc1[N+](=O)[O-]. The number of esters is 1. The van der Waals surface area contributed by atoms with Crippen LogP contribution < -0.4 is 14.8 Å². The minimum absolute atomic E-state index is 0.00848. The van der Waals surface area contributed by atoms with Gasteiger partial charge in [0.2, 0.25) is 0 Å². The molecule has 142 valence electrons. The predicted octanol–water partition coefficient (Wildman–Crippen LogP) is 2.47. The number of amides is 1. The highest BCUT2D eigenvalue weighted by molar-refractivity contribution is 5.94. The molecular weight excluding hydrogens is 356 g/mol. The molecule has 9 heteroatoms. The first kappa shape index (κ1) is 19.7. The highest BCUT2D eigenvalue weighted by Crippen LogP contribution is 2.32. The third-order valence-corrected chi connectivity index (χ3v) is 3.46. The molecule has 27 heavy (non-hydrogen) atoms. The Labute approximate surface area is 155 Å². The summed E-state index contributed by atoms with van der Waals surface area (Å²) in [6, 6.07) is 11.3. The molecule has 0 aliphatic carbocycles. The summed E-state index contributed by atoms with van der Waals surface area (Å²) in [7, 11) is 1.29. The number of carbonyl (C=O) groups is 2. The number of nitrogens with one attached hydrogen (secondary N) is 1. The van der Waals surface area contributed by atoms with Crippen molar-refractivity contribution in [3.05, 3.63) is 58.1 Å². The van der Waals surface area contributed by atoms with Crippen molar-refractivity contribution in [1.29, 1.82) is 0 Å². The molecule has 0 atom stereocenters. The number of hydrogen-bond acceptors (Lipinski definition) is 7. The van der Waals surface area contributed by atoms with Gasteiger partial charge in [-0.3, -0.25) is 14.9 Å². The summed E-state index contributed by atoms with van der Waals surface area (Å²) in [6.07, 6.45) is 0. The van der Waals surface area contributed by atoms with Crippen molar-refractivity contribution >= 4 is 23.3 Å². The largest absolute Gasteiger partial charge is 0.490 e. The Bertz CT molecular complexity index is 837. The molecule has 2 rings (SSSR count). The van der Waals surface area contributed by atoms with Crippen LogP contribution in [0, 0.1) is 17.0 Å². The number of para-hydroxylation sites is 1. The van der Waals surface area contributed by atoms with Crippen molar-refractivity contribution in [2.75, 3.05) is 25.6 Å². The zero-order valence-electron chi connectivity index (χ0n) is 14.8. The molecule has 0 spiro atoms. The van der Waals surface area contributed by atoms with Crippen LogP contribution in [0.5, 0.6) is 11.5 Å². The van der Waals surface area contributed by atoms with Gasteiger partial charge >= 0.3 is 11.7 Å². The number of rotatable bonds is 8. The van der Waals surface area contributed by atoms with Crippen LogP contribution in [0.15, 0.2) is 42.5 Å². The smallest absolute Gasteiger partial charge is 0.344 e.